The molecular weight excluding hydrogens is 406 g/mol. The highest BCUT2D eigenvalue weighted by atomic mass is 35.5. The van der Waals surface area contributed by atoms with Gasteiger partial charge in [-0.15, -0.1) is 12.4 Å². The Balaban J connectivity index is 0.00000392. The molecule has 0 spiro atoms. The summed E-state index contributed by atoms with van der Waals surface area (Å²) in [5.41, 5.74) is 5.26. The number of sulfonamides is 1. The van der Waals surface area contributed by atoms with Crippen LogP contribution in [-0.2, 0) is 14.8 Å². The minimum atomic E-state index is -3.90. The van der Waals surface area contributed by atoms with Gasteiger partial charge in [0, 0.05) is 19.0 Å². The topological polar surface area (TPSA) is 120 Å². The van der Waals surface area contributed by atoms with Crippen molar-refractivity contribution >= 4 is 28.3 Å². The Morgan fingerprint density at radius 3 is 2.39 bits per heavy atom. The SMILES string of the molecule is CCC(CC)(CN)NC(=O)C(C)NS(=O)(=O)c1ccc2c(c1)OCCCO2.Cl. The number of carbonyl (C=O) groups is 1. The Labute approximate surface area is 173 Å². The summed E-state index contributed by atoms with van der Waals surface area (Å²) >= 11 is 0. The van der Waals surface area contributed by atoms with Gasteiger partial charge in [-0.1, -0.05) is 13.8 Å². The van der Waals surface area contributed by atoms with Gasteiger partial charge in [0.2, 0.25) is 15.9 Å². The van der Waals surface area contributed by atoms with Crippen molar-refractivity contribution in [2.24, 2.45) is 5.73 Å². The Bertz CT molecular complexity index is 760. The van der Waals surface area contributed by atoms with Gasteiger partial charge in [0.05, 0.1) is 29.7 Å². The number of amides is 1. The van der Waals surface area contributed by atoms with Gasteiger partial charge in [0.15, 0.2) is 11.5 Å². The molecule has 0 bridgehead atoms. The molecule has 1 aliphatic rings. The zero-order chi connectivity index (χ0) is 20.1. The first kappa shape index (κ1) is 24.5. The van der Waals surface area contributed by atoms with Crippen LogP contribution in [0.25, 0.3) is 0 Å². The quantitative estimate of drug-likeness (QED) is 0.570. The number of nitrogens with one attached hydrogen (secondary N) is 2. The average molecular weight is 436 g/mol. The van der Waals surface area contributed by atoms with Crippen LogP contribution in [0.15, 0.2) is 23.1 Å². The molecule has 1 heterocycles. The van der Waals surface area contributed by atoms with Crippen molar-refractivity contribution in [3.05, 3.63) is 18.2 Å². The standard InChI is InChI=1S/C18H29N3O5S.ClH/c1-4-18(5-2,12-19)20-17(22)13(3)21-27(23,24)14-7-8-15-16(11-14)26-10-6-9-25-15;/h7-8,11,13,21H,4-6,9-10,12,19H2,1-3H3,(H,20,22);1H. The number of hydrogen-bond acceptors (Lipinski definition) is 6. The molecule has 0 aliphatic carbocycles. The molecule has 2 rings (SSSR count). The van der Waals surface area contributed by atoms with E-state index in [2.05, 4.69) is 10.0 Å². The second kappa shape index (κ2) is 10.3. The maximum absolute atomic E-state index is 12.7. The fraction of sp³-hybridized carbons (Fsp3) is 0.611. The average Bonchev–Trinajstić information content (AvgIpc) is 2.90. The maximum atomic E-state index is 12.7. The first-order chi connectivity index (χ1) is 12.8. The minimum Gasteiger partial charge on any atom is -0.490 e. The highest BCUT2D eigenvalue weighted by Crippen LogP contribution is 2.31. The molecule has 0 fully saturated rings. The van der Waals surface area contributed by atoms with E-state index >= 15 is 0 Å². The van der Waals surface area contributed by atoms with Crippen LogP contribution in [-0.4, -0.2) is 45.7 Å². The first-order valence-electron chi connectivity index (χ1n) is 9.21. The predicted molar refractivity (Wildman–Crippen MR) is 110 cm³/mol. The summed E-state index contributed by atoms with van der Waals surface area (Å²) in [7, 11) is -3.90. The predicted octanol–water partition coefficient (Wildman–Crippen LogP) is 1.57. The molecular formula is C18H30ClN3O5S. The van der Waals surface area contributed by atoms with E-state index in [-0.39, 0.29) is 23.8 Å². The van der Waals surface area contributed by atoms with E-state index in [4.69, 9.17) is 15.2 Å². The van der Waals surface area contributed by atoms with Crippen molar-refractivity contribution in [3.63, 3.8) is 0 Å². The normalized spacial score (nSPS) is 15.1. The summed E-state index contributed by atoms with van der Waals surface area (Å²) in [6.07, 6.45) is 2.05. The molecule has 1 atom stereocenters. The van der Waals surface area contributed by atoms with Crippen molar-refractivity contribution in [2.75, 3.05) is 19.8 Å². The third kappa shape index (κ3) is 5.73. The van der Waals surface area contributed by atoms with Crippen molar-refractivity contribution in [2.45, 2.75) is 56.5 Å². The van der Waals surface area contributed by atoms with Crippen molar-refractivity contribution in [3.8, 4) is 11.5 Å². The van der Waals surface area contributed by atoms with Crippen LogP contribution >= 0.6 is 12.4 Å². The molecule has 10 heteroatoms. The van der Waals surface area contributed by atoms with E-state index in [1.807, 2.05) is 13.8 Å². The van der Waals surface area contributed by atoms with Crippen LogP contribution in [0.3, 0.4) is 0 Å². The van der Waals surface area contributed by atoms with Crippen molar-refractivity contribution in [1.29, 1.82) is 0 Å². The van der Waals surface area contributed by atoms with Crippen LogP contribution < -0.4 is 25.2 Å². The third-order valence-corrected chi connectivity index (χ3v) is 6.43. The lowest BCUT2D eigenvalue weighted by Gasteiger charge is -2.32. The summed E-state index contributed by atoms with van der Waals surface area (Å²) in [4.78, 5) is 12.5. The second-order valence-corrected chi connectivity index (χ2v) is 8.40. The van der Waals surface area contributed by atoms with E-state index in [1.165, 1.54) is 19.1 Å². The Kier molecular flexibility index (Phi) is 9.00. The molecule has 1 aromatic rings. The first-order valence-corrected chi connectivity index (χ1v) is 10.7. The number of benzene rings is 1. The zero-order valence-corrected chi connectivity index (χ0v) is 18.1. The molecule has 28 heavy (non-hydrogen) atoms. The lowest BCUT2D eigenvalue weighted by Crippen LogP contribution is -2.57. The number of rotatable bonds is 8. The molecule has 8 nitrogen and oxygen atoms in total. The summed E-state index contributed by atoms with van der Waals surface area (Å²) in [6, 6.07) is 3.46. The Morgan fingerprint density at radius 1 is 1.21 bits per heavy atom. The van der Waals surface area contributed by atoms with Crippen LogP contribution in [0, 0.1) is 0 Å². The number of carbonyl (C=O) groups excluding carboxylic acids is 1. The summed E-state index contributed by atoms with van der Waals surface area (Å²) < 4.78 is 38.8. The van der Waals surface area contributed by atoms with E-state index in [0.29, 0.717) is 37.6 Å². The van der Waals surface area contributed by atoms with E-state index in [0.717, 1.165) is 6.42 Å². The molecule has 1 unspecified atom stereocenters. The fourth-order valence-electron chi connectivity index (χ4n) is 2.80. The van der Waals surface area contributed by atoms with Gasteiger partial charge in [0.25, 0.3) is 0 Å². The molecule has 0 aromatic heterocycles. The van der Waals surface area contributed by atoms with Crippen LogP contribution in [0.4, 0.5) is 0 Å². The molecule has 1 amide bonds. The van der Waals surface area contributed by atoms with E-state index in [9.17, 15) is 13.2 Å². The van der Waals surface area contributed by atoms with Gasteiger partial charge >= 0.3 is 0 Å². The Morgan fingerprint density at radius 2 is 1.82 bits per heavy atom. The molecule has 0 saturated carbocycles. The summed E-state index contributed by atoms with van der Waals surface area (Å²) in [6.45, 7) is 6.63. The molecule has 0 saturated heterocycles. The van der Waals surface area contributed by atoms with Crippen LogP contribution in [0.5, 0.6) is 11.5 Å². The fourth-order valence-corrected chi connectivity index (χ4v) is 4.02. The lowest BCUT2D eigenvalue weighted by atomic mass is 9.92. The van der Waals surface area contributed by atoms with E-state index < -0.39 is 27.5 Å². The largest absolute Gasteiger partial charge is 0.490 e. The Hall–Kier alpha value is -1.55. The van der Waals surface area contributed by atoms with Gasteiger partial charge in [-0.25, -0.2) is 8.42 Å². The highest BCUT2D eigenvalue weighted by Gasteiger charge is 2.30. The van der Waals surface area contributed by atoms with E-state index in [1.54, 1.807) is 6.07 Å². The van der Waals surface area contributed by atoms with Crippen molar-refractivity contribution < 1.29 is 22.7 Å². The third-order valence-electron chi connectivity index (χ3n) is 4.89. The lowest BCUT2D eigenvalue weighted by molar-refractivity contribution is -0.124. The molecule has 4 N–H and O–H groups in total. The summed E-state index contributed by atoms with van der Waals surface area (Å²) in [5, 5.41) is 2.88. The van der Waals surface area contributed by atoms with Gasteiger partial charge in [-0.3, -0.25) is 4.79 Å². The second-order valence-electron chi connectivity index (χ2n) is 6.68. The van der Waals surface area contributed by atoms with Gasteiger partial charge in [0.1, 0.15) is 0 Å². The molecule has 1 aromatic carbocycles. The van der Waals surface area contributed by atoms with Crippen molar-refractivity contribution in [1.82, 2.24) is 10.0 Å². The highest BCUT2D eigenvalue weighted by molar-refractivity contribution is 7.89. The van der Waals surface area contributed by atoms with Gasteiger partial charge in [-0.2, -0.15) is 4.72 Å². The number of halogens is 1. The van der Waals surface area contributed by atoms with Gasteiger partial charge in [-0.05, 0) is 31.9 Å². The van der Waals surface area contributed by atoms with Crippen LogP contribution in [0.2, 0.25) is 0 Å². The smallest absolute Gasteiger partial charge is 0.241 e. The van der Waals surface area contributed by atoms with Crippen LogP contribution in [0.1, 0.15) is 40.0 Å². The monoisotopic (exact) mass is 435 g/mol. The number of fused-ring (bicyclic) bond motifs is 1. The maximum Gasteiger partial charge on any atom is 0.241 e. The number of ether oxygens (including phenoxy) is 2. The molecule has 160 valence electrons. The minimum absolute atomic E-state index is 0. The molecule has 0 radical (unpaired) electrons. The number of hydrogen-bond donors (Lipinski definition) is 3. The molecule has 1 aliphatic heterocycles. The van der Waals surface area contributed by atoms with Gasteiger partial charge < -0.3 is 20.5 Å². The number of nitrogens with two attached hydrogens (primary N) is 1. The summed E-state index contributed by atoms with van der Waals surface area (Å²) in [5.74, 6) is 0.476. The zero-order valence-electron chi connectivity index (χ0n) is 16.5.